The minimum atomic E-state index is -0.576. The molecule has 1 aliphatic rings. The number of nitrogens with zero attached hydrogens (tertiary/aromatic N) is 3. The minimum absolute atomic E-state index is 0.223. The second-order valence-corrected chi connectivity index (χ2v) is 8.34. The zero-order valence-electron chi connectivity index (χ0n) is 15.5. The van der Waals surface area contributed by atoms with Crippen LogP contribution >= 0.6 is 11.3 Å². The number of anilines is 1. The summed E-state index contributed by atoms with van der Waals surface area (Å²) in [6, 6.07) is -0.512. The van der Waals surface area contributed by atoms with Crippen molar-refractivity contribution in [2.24, 2.45) is 0 Å². The fourth-order valence-electron chi connectivity index (χ4n) is 2.70. The van der Waals surface area contributed by atoms with Crippen LogP contribution in [0, 0.1) is 0 Å². The van der Waals surface area contributed by atoms with Crippen LogP contribution in [0.1, 0.15) is 64.8 Å². The van der Waals surface area contributed by atoms with Crippen LogP contribution in [0.15, 0.2) is 0 Å². The topological polar surface area (TPSA) is 84.4 Å². The number of hydrogen-bond donors (Lipinski definition) is 1. The van der Waals surface area contributed by atoms with Crippen molar-refractivity contribution >= 4 is 28.5 Å². The van der Waals surface area contributed by atoms with Crippen molar-refractivity contribution in [1.82, 2.24) is 15.1 Å². The van der Waals surface area contributed by atoms with Gasteiger partial charge in [0.15, 0.2) is 0 Å². The third kappa shape index (κ3) is 5.95. The lowest BCUT2D eigenvalue weighted by Crippen LogP contribution is -2.45. The molecule has 2 rings (SSSR count). The molecule has 1 N–H and O–H groups in total. The number of carbonyl (C=O) groups is 2. The Morgan fingerprint density at radius 3 is 2.76 bits per heavy atom. The molecule has 0 radical (unpaired) electrons. The monoisotopic (exact) mass is 368 g/mol. The zero-order chi connectivity index (χ0) is 18.4. The van der Waals surface area contributed by atoms with Gasteiger partial charge in [-0.15, -0.1) is 10.2 Å². The lowest BCUT2D eigenvalue weighted by molar-refractivity contribution is -0.120. The first kappa shape index (κ1) is 19.6. The van der Waals surface area contributed by atoms with Gasteiger partial charge in [-0.2, -0.15) is 0 Å². The van der Waals surface area contributed by atoms with Crippen LogP contribution < -0.4 is 5.32 Å². The van der Waals surface area contributed by atoms with E-state index in [0.29, 0.717) is 18.1 Å². The highest BCUT2D eigenvalue weighted by Crippen LogP contribution is 2.23. The Morgan fingerprint density at radius 1 is 1.32 bits per heavy atom. The number of hydrogen-bond acceptors (Lipinski definition) is 6. The molecule has 0 saturated carbocycles. The van der Waals surface area contributed by atoms with Crippen molar-refractivity contribution in [3.8, 4) is 0 Å². The Labute approximate surface area is 153 Å². The molecule has 1 aromatic rings. The van der Waals surface area contributed by atoms with Crippen molar-refractivity contribution in [1.29, 1.82) is 0 Å². The molecule has 1 atom stereocenters. The fraction of sp³-hybridized carbons (Fsp3) is 0.765. The van der Waals surface area contributed by atoms with E-state index in [1.807, 2.05) is 20.8 Å². The van der Waals surface area contributed by atoms with Gasteiger partial charge in [-0.1, -0.05) is 31.1 Å². The highest BCUT2D eigenvalue weighted by molar-refractivity contribution is 7.15. The van der Waals surface area contributed by atoms with Gasteiger partial charge in [-0.3, -0.25) is 15.0 Å². The molecule has 2 heterocycles. The summed E-state index contributed by atoms with van der Waals surface area (Å²) in [5.41, 5.74) is -0.576. The molecule has 7 nitrogen and oxygen atoms in total. The Morgan fingerprint density at radius 2 is 2.08 bits per heavy atom. The summed E-state index contributed by atoms with van der Waals surface area (Å²) in [4.78, 5) is 26.3. The maximum absolute atomic E-state index is 12.5. The minimum Gasteiger partial charge on any atom is -0.444 e. The predicted molar refractivity (Wildman–Crippen MR) is 97.7 cm³/mol. The van der Waals surface area contributed by atoms with Crippen LogP contribution in [0.25, 0.3) is 0 Å². The van der Waals surface area contributed by atoms with Crippen LogP contribution in [-0.4, -0.2) is 45.3 Å². The molecule has 1 fully saturated rings. The summed E-state index contributed by atoms with van der Waals surface area (Å²) >= 11 is 1.40. The van der Waals surface area contributed by atoms with E-state index in [-0.39, 0.29) is 5.91 Å². The molecule has 2 amide bonds. The Kier molecular flexibility index (Phi) is 6.75. The molecule has 0 unspecified atom stereocenters. The molecule has 0 aromatic carbocycles. The van der Waals surface area contributed by atoms with E-state index in [9.17, 15) is 9.59 Å². The van der Waals surface area contributed by atoms with Gasteiger partial charge in [-0.25, -0.2) is 4.79 Å². The number of likely N-dealkylation sites (tertiary alicyclic amines) is 1. The highest BCUT2D eigenvalue weighted by Gasteiger charge is 2.36. The van der Waals surface area contributed by atoms with Gasteiger partial charge >= 0.3 is 6.09 Å². The average Bonchev–Trinajstić information content (AvgIpc) is 3.15. The number of unbranched alkanes of at least 4 members (excludes halogenated alkanes) is 2. The Hall–Kier alpha value is -1.70. The quantitative estimate of drug-likeness (QED) is 0.775. The van der Waals surface area contributed by atoms with Gasteiger partial charge in [0.05, 0.1) is 0 Å². The van der Waals surface area contributed by atoms with Gasteiger partial charge < -0.3 is 4.74 Å². The maximum Gasteiger partial charge on any atom is 0.410 e. The summed E-state index contributed by atoms with van der Waals surface area (Å²) in [7, 11) is 0. The standard InChI is InChI=1S/C17H28N4O3S/c1-5-6-7-10-13-19-20-15(25-13)18-14(22)12-9-8-11-21(12)16(23)24-17(2,3)4/h12H,5-11H2,1-4H3,(H,18,20,22)/t12-/m0/s1. The molecule has 25 heavy (non-hydrogen) atoms. The lowest BCUT2D eigenvalue weighted by atomic mass is 10.2. The number of carbonyl (C=O) groups excluding carboxylic acids is 2. The van der Waals surface area contributed by atoms with Crippen LogP contribution in [0.5, 0.6) is 0 Å². The molecule has 1 aromatic heterocycles. The zero-order valence-corrected chi connectivity index (χ0v) is 16.3. The van der Waals surface area contributed by atoms with E-state index in [0.717, 1.165) is 37.1 Å². The number of aryl methyl sites for hydroxylation is 1. The molecular weight excluding hydrogens is 340 g/mol. The SMILES string of the molecule is CCCCCc1nnc(NC(=O)[C@@H]2CCCN2C(=O)OC(C)(C)C)s1. The molecule has 0 spiro atoms. The van der Waals surface area contributed by atoms with E-state index in [1.165, 1.54) is 16.2 Å². The average molecular weight is 369 g/mol. The molecule has 0 bridgehead atoms. The Bertz CT molecular complexity index is 597. The van der Waals surface area contributed by atoms with Crippen molar-refractivity contribution in [2.75, 3.05) is 11.9 Å². The molecular formula is C17H28N4O3S. The van der Waals surface area contributed by atoms with Gasteiger partial charge in [0.1, 0.15) is 16.7 Å². The summed E-state index contributed by atoms with van der Waals surface area (Å²) < 4.78 is 5.39. The third-order valence-electron chi connectivity index (χ3n) is 3.87. The summed E-state index contributed by atoms with van der Waals surface area (Å²) in [6.45, 7) is 8.14. The second-order valence-electron chi connectivity index (χ2n) is 7.28. The smallest absolute Gasteiger partial charge is 0.410 e. The van der Waals surface area contributed by atoms with Crippen LogP contribution in [0.3, 0.4) is 0 Å². The summed E-state index contributed by atoms with van der Waals surface area (Å²) in [5.74, 6) is -0.223. The van der Waals surface area contributed by atoms with Crippen LogP contribution in [-0.2, 0) is 16.0 Å². The van der Waals surface area contributed by atoms with Crippen molar-refractivity contribution in [2.45, 2.75) is 77.9 Å². The number of ether oxygens (including phenoxy) is 1. The van der Waals surface area contributed by atoms with Gasteiger partial charge in [0.2, 0.25) is 11.0 Å². The first-order valence-corrected chi connectivity index (χ1v) is 9.74. The lowest BCUT2D eigenvalue weighted by Gasteiger charge is -2.27. The first-order chi connectivity index (χ1) is 11.8. The maximum atomic E-state index is 12.5. The molecule has 1 saturated heterocycles. The molecule has 8 heteroatoms. The van der Waals surface area contributed by atoms with Gasteiger partial charge in [-0.05, 0) is 40.0 Å². The summed E-state index contributed by atoms with van der Waals surface area (Å²) in [6.07, 6.45) is 5.26. The Balaban J connectivity index is 1.92. The van der Waals surface area contributed by atoms with Gasteiger partial charge in [0, 0.05) is 13.0 Å². The second kappa shape index (κ2) is 8.60. The molecule has 0 aliphatic carbocycles. The fourth-order valence-corrected chi connectivity index (χ4v) is 3.48. The number of nitrogens with one attached hydrogen (secondary N) is 1. The highest BCUT2D eigenvalue weighted by atomic mass is 32.1. The summed E-state index contributed by atoms with van der Waals surface area (Å²) in [5, 5.41) is 12.4. The van der Waals surface area contributed by atoms with E-state index in [4.69, 9.17) is 4.74 Å². The van der Waals surface area contributed by atoms with Crippen molar-refractivity contribution < 1.29 is 14.3 Å². The normalized spacial score (nSPS) is 17.6. The van der Waals surface area contributed by atoms with Crippen LogP contribution in [0.4, 0.5) is 9.93 Å². The first-order valence-electron chi connectivity index (χ1n) is 8.93. The van der Waals surface area contributed by atoms with Crippen molar-refractivity contribution in [3.63, 3.8) is 0 Å². The van der Waals surface area contributed by atoms with E-state index in [1.54, 1.807) is 0 Å². The number of rotatable bonds is 6. The van der Waals surface area contributed by atoms with E-state index < -0.39 is 17.7 Å². The van der Waals surface area contributed by atoms with E-state index in [2.05, 4.69) is 22.4 Å². The van der Waals surface area contributed by atoms with Crippen LogP contribution in [0.2, 0.25) is 0 Å². The molecule has 140 valence electrons. The van der Waals surface area contributed by atoms with Crippen molar-refractivity contribution in [3.05, 3.63) is 5.01 Å². The number of aromatic nitrogens is 2. The van der Waals surface area contributed by atoms with Gasteiger partial charge in [0.25, 0.3) is 0 Å². The third-order valence-corrected chi connectivity index (χ3v) is 4.77. The predicted octanol–water partition coefficient (Wildman–Crippen LogP) is 3.61. The van der Waals surface area contributed by atoms with E-state index >= 15 is 0 Å². The largest absolute Gasteiger partial charge is 0.444 e. The molecule has 1 aliphatic heterocycles. The number of amides is 2.